The summed E-state index contributed by atoms with van der Waals surface area (Å²) in [4.78, 5) is 33.1. The van der Waals surface area contributed by atoms with Gasteiger partial charge >= 0.3 is 0 Å². The molecule has 1 aromatic carbocycles. The second-order valence-corrected chi connectivity index (χ2v) is 3.98. The van der Waals surface area contributed by atoms with E-state index in [2.05, 4.69) is 5.32 Å². The lowest BCUT2D eigenvalue weighted by molar-refractivity contribution is -0.116. The van der Waals surface area contributed by atoms with Gasteiger partial charge in [-0.05, 0) is 18.1 Å². The quantitative estimate of drug-likeness (QED) is 0.598. The molecular weight excluding hydrogens is 232 g/mol. The molecule has 0 unspecified atom stereocenters. The van der Waals surface area contributed by atoms with Crippen LogP contribution in [0.1, 0.15) is 32.7 Å². The molecule has 0 spiro atoms. The minimum atomic E-state index is -0.181. The van der Waals surface area contributed by atoms with Crippen LogP contribution in [0.15, 0.2) is 23.8 Å². The highest BCUT2D eigenvalue weighted by Gasteiger charge is 2.20. The number of carbonyl (C=O) groups excluding carboxylic acids is 3. The number of benzene rings is 1. The van der Waals surface area contributed by atoms with Gasteiger partial charge in [0.1, 0.15) is 0 Å². The fourth-order valence-electron chi connectivity index (χ4n) is 1.90. The first-order valence-electron chi connectivity index (χ1n) is 5.49. The molecule has 0 saturated carbocycles. The standard InChI is InChI=1S/C13H12N2O3/c14-12(11-3-4-15-13(11)18)8-1-2-9(6-16)10(5-8)7-17/h1-2,5-7H,3-4,14H2,(H,15,18)/b12-11+. The molecule has 0 aliphatic carbocycles. The van der Waals surface area contributed by atoms with Crippen molar-refractivity contribution < 1.29 is 14.4 Å². The zero-order valence-corrected chi connectivity index (χ0v) is 9.60. The van der Waals surface area contributed by atoms with Crippen molar-refractivity contribution in [3.63, 3.8) is 0 Å². The van der Waals surface area contributed by atoms with Gasteiger partial charge in [0.2, 0.25) is 5.91 Å². The van der Waals surface area contributed by atoms with Gasteiger partial charge in [-0.15, -0.1) is 0 Å². The van der Waals surface area contributed by atoms with Gasteiger partial charge in [-0.1, -0.05) is 12.1 Å². The van der Waals surface area contributed by atoms with E-state index in [1.165, 1.54) is 12.1 Å². The third-order valence-corrected chi connectivity index (χ3v) is 2.91. The molecule has 1 saturated heterocycles. The Morgan fingerprint density at radius 2 is 1.94 bits per heavy atom. The zero-order valence-electron chi connectivity index (χ0n) is 9.60. The summed E-state index contributed by atoms with van der Waals surface area (Å²) in [6.45, 7) is 0.571. The summed E-state index contributed by atoms with van der Waals surface area (Å²) in [5.74, 6) is -0.181. The van der Waals surface area contributed by atoms with Crippen LogP contribution in [0.5, 0.6) is 0 Å². The van der Waals surface area contributed by atoms with Crippen molar-refractivity contribution in [2.45, 2.75) is 6.42 Å². The fraction of sp³-hybridized carbons (Fsp3) is 0.154. The van der Waals surface area contributed by atoms with Crippen molar-refractivity contribution in [3.8, 4) is 0 Å². The van der Waals surface area contributed by atoms with Crippen molar-refractivity contribution in [2.75, 3.05) is 6.54 Å². The molecule has 1 aromatic rings. The Morgan fingerprint density at radius 3 is 2.50 bits per heavy atom. The molecule has 2 rings (SSSR count). The first-order chi connectivity index (χ1) is 8.67. The Kier molecular flexibility index (Phi) is 3.23. The molecular formula is C13H12N2O3. The van der Waals surface area contributed by atoms with Crippen molar-refractivity contribution in [3.05, 3.63) is 40.5 Å². The fourth-order valence-corrected chi connectivity index (χ4v) is 1.90. The summed E-state index contributed by atoms with van der Waals surface area (Å²) in [5.41, 5.74) is 7.95. The summed E-state index contributed by atoms with van der Waals surface area (Å²) in [6.07, 6.45) is 1.77. The molecule has 1 aliphatic rings. The van der Waals surface area contributed by atoms with Gasteiger partial charge in [-0.25, -0.2) is 0 Å². The smallest absolute Gasteiger partial charge is 0.249 e. The van der Waals surface area contributed by atoms with E-state index in [-0.39, 0.29) is 11.5 Å². The number of carbonyl (C=O) groups is 3. The van der Waals surface area contributed by atoms with Crippen LogP contribution in [-0.2, 0) is 4.79 Å². The number of hydrogen-bond donors (Lipinski definition) is 2. The van der Waals surface area contributed by atoms with E-state index < -0.39 is 0 Å². The van der Waals surface area contributed by atoms with Crippen LogP contribution in [0.25, 0.3) is 5.70 Å². The molecule has 18 heavy (non-hydrogen) atoms. The molecule has 0 atom stereocenters. The Labute approximate surface area is 104 Å². The average molecular weight is 244 g/mol. The van der Waals surface area contributed by atoms with Crippen molar-refractivity contribution in [2.24, 2.45) is 5.73 Å². The van der Waals surface area contributed by atoms with E-state index >= 15 is 0 Å². The van der Waals surface area contributed by atoms with Crippen LogP contribution in [-0.4, -0.2) is 25.0 Å². The first kappa shape index (κ1) is 12.0. The lowest BCUT2D eigenvalue weighted by Gasteiger charge is -2.06. The van der Waals surface area contributed by atoms with Crippen molar-refractivity contribution in [1.29, 1.82) is 0 Å². The Hall–Kier alpha value is -2.43. The molecule has 0 aromatic heterocycles. The van der Waals surface area contributed by atoms with Gasteiger partial charge in [0.05, 0.1) is 0 Å². The SMILES string of the molecule is N/C(=C1\CCNC1=O)c1ccc(C=O)c(C=O)c1. The molecule has 1 heterocycles. The van der Waals surface area contributed by atoms with Gasteiger partial charge in [0.15, 0.2) is 12.6 Å². The molecule has 1 fully saturated rings. The highest BCUT2D eigenvalue weighted by molar-refractivity contribution is 6.03. The summed E-state index contributed by atoms with van der Waals surface area (Å²) < 4.78 is 0. The van der Waals surface area contributed by atoms with Crippen LogP contribution in [0.4, 0.5) is 0 Å². The number of hydrogen-bond acceptors (Lipinski definition) is 4. The van der Waals surface area contributed by atoms with Crippen molar-refractivity contribution >= 4 is 24.2 Å². The lowest BCUT2D eigenvalue weighted by Crippen LogP contribution is -2.16. The normalized spacial score (nSPS) is 17.2. The van der Waals surface area contributed by atoms with Gasteiger partial charge in [-0.3, -0.25) is 14.4 Å². The van der Waals surface area contributed by atoms with Gasteiger partial charge in [0.25, 0.3) is 0 Å². The van der Waals surface area contributed by atoms with Crippen LogP contribution < -0.4 is 11.1 Å². The third-order valence-electron chi connectivity index (χ3n) is 2.91. The molecule has 1 aliphatic heterocycles. The number of nitrogens with one attached hydrogen (secondary N) is 1. The number of aldehydes is 2. The predicted octanol–water partition coefficient (Wildman–Crippen LogP) is 0.501. The van der Waals surface area contributed by atoms with Crippen LogP contribution in [0.3, 0.4) is 0 Å². The average Bonchev–Trinajstić information content (AvgIpc) is 2.83. The molecule has 5 heteroatoms. The molecule has 0 radical (unpaired) electrons. The first-order valence-corrected chi connectivity index (χ1v) is 5.49. The van der Waals surface area contributed by atoms with Crippen LogP contribution in [0, 0.1) is 0 Å². The highest BCUT2D eigenvalue weighted by Crippen LogP contribution is 2.20. The maximum Gasteiger partial charge on any atom is 0.249 e. The number of rotatable bonds is 3. The molecule has 1 amide bonds. The highest BCUT2D eigenvalue weighted by atomic mass is 16.2. The molecule has 3 N–H and O–H groups in total. The monoisotopic (exact) mass is 244 g/mol. The second-order valence-electron chi connectivity index (χ2n) is 3.98. The van der Waals surface area contributed by atoms with E-state index in [1.54, 1.807) is 6.07 Å². The molecule has 5 nitrogen and oxygen atoms in total. The second kappa shape index (κ2) is 4.83. The summed E-state index contributed by atoms with van der Waals surface area (Å²) in [7, 11) is 0. The number of nitrogens with two attached hydrogens (primary N) is 1. The molecule has 0 bridgehead atoms. The van der Waals surface area contributed by atoms with Gasteiger partial charge in [-0.2, -0.15) is 0 Å². The van der Waals surface area contributed by atoms with E-state index in [0.29, 0.717) is 47.9 Å². The summed E-state index contributed by atoms with van der Waals surface area (Å²) in [6, 6.07) is 4.67. The minimum Gasteiger partial charge on any atom is -0.398 e. The van der Waals surface area contributed by atoms with E-state index in [0.717, 1.165) is 0 Å². The third kappa shape index (κ3) is 2.02. The summed E-state index contributed by atoms with van der Waals surface area (Å²) in [5, 5.41) is 2.67. The van der Waals surface area contributed by atoms with Gasteiger partial charge < -0.3 is 11.1 Å². The Balaban J connectivity index is 2.49. The summed E-state index contributed by atoms with van der Waals surface area (Å²) >= 11 is 0. The van der Waals surface area contributed by atoms with E-state index in [9.17, 15) is 14.4 Å². The lowest BCUT2D eigenvalue weighted by atomic mass is 10.0. The van der Waals surface area contributed by atoms with E-state index in [1.807, 2.05) is 0 Å². The van der Waals surface area contributed by atoms with Crippen molar-refractivity contribution in [1.82, 2.24) is 5.32 Å². The molecule has 92 valence electrons. The predicted molar refractivity (Wildman–Crippen MR) is 66.0 cm³/mol. The minimum absolute atomic E-state index is 0.181. The van der Waals surface area contributed by atoms with E-state index in [4.69, 9.17) is 5.73 Å². The Bertz CT molecular complexity index is 561. The largest absolute Gasteiger partial charge is 0.398 e. The Morgan fingerprint density at radius 1 is 1.22 bits per heavy atom. The topological polar surface area (TPSA) is 89.3 Å². The van der Waals surface area contributed by atoms with Crippen LogP contribution in [0.2, 0.25) is 0 Å². The maximum absolute atomic E-state index is 11.5. The van der Waals surface area contributed by atoms with Gasteiger partial charge in [0, 0.05) is 28.9 Å². The van der Waals surface area contributed by atoms with Crippen LogP contribution >= 0.6 is 0 Å². The zero-order chi connectivity index (χ0) is 13.1. The number of amides is 1. The maximum atomic E-state index is 11.5.